The van der Waals surface area contributed by atoms with Gasteiger partial charge in [-0.05, 0) is 34.0 Å². The molecule has 0 fully saturated rings. The molecule has 0 aromatic carbocycles. The standard InChI is InChI=1S/C12H21N5O/c1-8-5-11(16-13)10(7-14-8)12(18)15-6-9(2)17(3)4/h5,7,9H,6,13H2,1-4H3,(H,14,16)(H,15,18). The predicted octanol–water partition coefficient (Wildman–Crippen LogP) is 0.356. The minimum Gasteiger partial charge on any atom is -0.350 e. The van der Waals surface area contributed by atoms with Gasteiger partial charge in [0.05, 0.1) is 11.3 Å². The van der Waals surface area contributed by atoms with Crippen LogP contribution in [0, 0.1) is 6.92 Å². The summed E-state index contributed by atoms with van der Waals surface area (Å²) >= 11 is 0. The van der Waals surface area contributed by atoms with Crippen LogP contribution in [-0.2, 0) is 0 Å². The van der Waals surface area contributed by atoms with E-state index >= 15 is 0 Å². The molecule has 18 heavy (non-hydrogen) atoms. The van der Waals surface area contributed by atoms with E-state index in [0.717, 1.165) is 5.69 Å². The first-order valence-corrected chi connectivity index (χ1v) is 5.83. The average Bonchev–Trinajstić information content (AvgIpc) is 2.34. The molecule has 6 nitrogen and oxygen atoms in total. The summed E-state index contributed by atoms with van der Waals surface area (Å²) in [5, 5.41) is 2.86. The number of hydrazine groups is 1. The highest BCUT2D eigenvalue weighted by atomic mass is 16.1. The highest BCUT2D eigenvalue weighted by Crippen LogP contribution is 2.14. The lowest BCUT2D eigenvalue weighted by atomic mass is 10.2. The molecule has 1 unspecified atom stereocenters. The van der Waals surface area contributed by atoms with Crippen LogP contribution in [0.2, 0.25) is 0 Å². The Kier molecular flexibility index (Phi) is 5.06. The molecular weight excluding hydrogens is 230 g/mol. The number of aryl methyl sites for hydroxylation is 1. The van der Waals surface area contributed by atoms with Crippen LogP contribution in [0.25, 0.3) is 0 Å². The number of hydrogen-bond acceptors (Lipinski definition) is 5. The number of carbonyl (C=O) groups excluding carboxylic acids is 1. The van der Waals surface area contributed by atoms with E-state index in [2.05, 4.69) is 15.7 Å². The minimum atomic E-state index is -0.177. The van der Waals surface area contributed by atoms with Crippen LogP contribution in [0.4, 0.5) is 5.69 Å². The van der Waals surface area contributed by atoms with Gasteiger partial charge in [0.25, 0.3) is 5.91 Å². The molecule has 0 bridgehead atoms. The van der Waals surface area contributed by atoms with E-state index in [0.29, 0.717) is 17.8 Å². The molecule has 6 heteroatoms. The molecule has 0 aliphatic heterocycles. The molecule has 0 aliphatic rings. The van der Waals surface area contributed by atoms with E-state index in [1.54, 1.807) is 6.07 Å². The second-order valence-electron chi connectivity index (χ2n) is 4.54. The van der Waals surface area contributed by atoms with Gasteiger partial charge in [-0.2, -0.15) is 0 Å². The molecule has 0 saturated carbocycles. The number of carbonyl (C=O) groups is 1. The number of amides is 1. The van der Waals surface area contributed by atoms with Gasteiger partial charge in [-0.1, -0.05) is 0 Å². The van der Waals surface area contributed by atoms with Crippen molar-refractivity contribution in [3.8, 4) is 0 Å². The third-order valence-electron chi connectivity index (χ3n) is 2.88. The van der Waals surface area contributed by atoms with Crippen molar-refractivity contribution in [1.82, 2.24) is 15.2 Å². The highest BCUT2D eigenvalue weighted by molar-refractivity contribution is 5.99. The van der Waals surface area contributed by atoms with Crippen molar-refractivity contribution in [2.45, 2.75) is 19.9 Å². The molecule has 1 rings (SSSR count). The molecular formula is C12H21N5O. The summed E-state index contributed by atoms with van der Waals surface area (Å²) in [6, 6.07) is 2.01. The lowest BCUT2D eigenvalue weighted by molar-refractivity contribution is 0.0944. The molecule has 4 N–H and O–H groups in total. The average molecular weight is 251 g/mol. The first kappa shape index (κ1) is 14.4. The lowest BCUT2D eigenvalue weighted by Crippen LogP contribution is -2.38. The fourth-order valence-corrected chi connectivity index (χ4v) is 1.38. The smallest absolute Gasteiger partial charge is 0.255 e. The van der Waals surface area contributed by atoms with Crippen molar-refractivity contribution in [3.05, 3.63) is 23.5 Å². The molecule has 1 amide bonds. The largest absolute Gasteiger partial charge is 0.350 e. The van der Waals surface area contributed by atoms with Crippen LogP contribution >= 0.6 is 0 Å². The Bertz CT molecular complexity index is 419. The number of nitrogens with two attached hydrogens (primary N) is 1. The zero-order valence-corrected chi connectivity index (χ0v) is 11.3. The maximum absolute atomic E-state index is 12.0. The van der Waals surface area contributed by atoms with Crippen molar-refractivity contribution in [2.24, 2.45) is 5.84 Å². The summed E-state index contributed by atoms with van der Waals surface area (Å²) in [4.78, 5) is 18.1. The Morgan fingerprint density at radius 3 is 2.78 bits per heavy atom. The Morgan fingerprint density at radius 2 is 2.22 bits per heavy atom. The summed E-state index contributed by atoms with van der Waals surface area (Å²) in [5.41, 5.74) is 4.36. The summed E-state index contributed by atoms with van der Waals surface area (Å²) in [6.45, 7) is 4.45. The maximum Gasteiger partial charge on any atom is 0.255 e. The van der Waals surface area contributed by atoms with Gasteiger partial charge in [0.15, 0.2) is 0 Å². The lowest BCUT2D eigenvalue weighted by Gasteiger charge is -2.20. The van der Waals surface area contributed by atoms with Gasteiger partial charge in [0.2, 0.25) is 0 Å². The van der Waals surface area contributed by atoms with Gasteiger partial charge in [0, 0.05) is 24.5 Å². The molecule has 0 aliphatic carbocycles. The van der Waals surface area contributed by atoms with Gasteiger partial charge in [-0.25, -0.2) is 0 Å². The Morgan fingerprint density at radius 1 is 1.56 bits per heavy atom. The van der Waals surface area contributed by atoms with E-state index < -0.39 is 0 Å². The fourth-order valence-electron chi connectivity index (χ4n) is 1.38. The van der Waals surface area contributed by atoms with Crippen LogP contribution in [0.5, 0.6) is 0 Å². The van der Waals surface area contributed by atoms with Gasteiger partial charge in [0.1, 0.15) is 0 Å². The summed E-state index contributed by atoms with van der Waals surface area (Å²) < 4.78 is 0. The number of pyridine rings is 1. The zero-order chi connectivity index (χ0) is 13.7. The Labute approximate surface area is 108 Å². The molecule has 0 saturated heterocycles. The quantitative estimate of drug-likeness (QED) is 0.520. The predicted molar refractivity (Wildman–Crippen MR) is 72.3 cm³/mol. The number of nitrogens with one attached hydrogen (secondary N) is 2. The maximum atomic E-state index is 12.0. The molecule has 1 aromatic heterocycles. The number of hydrogen-bond donors (Lipinski definition) is 3. The Hall–Kier alpha value is -1.66. The van der Waals surface area contributed by atoms with E-state index in [9.17, 15) is 4.79 Å². The van der Waals surface area contributed by atoms with Crippen molar-refractivity contribution >= 4 is 11.6 Å². The van der Waals surface area contributed by atoms with E-state index in [1.165, 1.54) is 6.20 Å². The number of rotatable bonds is 5. The van der Waals surface area contributed by atoms with Crippen molar-refractivity contribution in [2.75, 3.05) is 26.1 Å². The second kappa shape index (κ2) is 6.32. The molecule has 1 aromatic rings. The first-order valence-electron chi connectivity index (χ1n) is 5.83. The molecule has 0 spiro atoms. The fraction of sp³-hybridized carbons (Fsp3) is 0.500. The normalized spacial score (nSPS) is 12.3. The summed E-state index contributed by atoms with van der Waals surface area (Å²) in [6.07, 6.45) is 1.53. The topological polar surface area (TPSA) is 83.3 Å². The number of anilines is 1. The molecule has 1 atom stereocenters. The minimum absolute atomic E-state index is 0.177. The first-order chi connectivity index (χ1) is 8.45. The van der Waals surface area contributed by atoms with Gasteiger partial charge in [-0.15, -0.1) is 0 Å². The Balaban J connectivity index is 2.72. The van der Waals surface area contributed by atoms with Crippen LogP contribution in [-0.4, -0.2) is 42.5 Å². The SMILES string of the molecule is Cc1cc(NN)c(C(=O)NCC(C)N(C)C)cn1. The van der Waals surface area contributed by atoms with E-state index in [1.807, 2.05) is 32.8 Å². The number of nitrogens with zero attached hydrogens (tertiary/aromatic N) is 2. The van der Waals surface area contributed by atoms with E-state index in [4.69, 9.17) is 5.84 Å². The number of aromatic nitrogens is 1. The van der Waals surface area contributed by atoms with Crippen molar-refractivity contribution in [1.29, 1.82) is 0 Å². The molecule has 1 heterocycles. The molecule has 100 valence electrons. The highest BCUT2D eigenvalue weighted by Gasteiger charge is 2.13. The molecule has 0 radical (unpaired) electrons. The van der Waals surface area contributed by atoms with Crippen molar-refractivity contribution < 1.29 is 4.79 Å². The number of likely N-dealkylation sites (N-methyl/N-ethyl adjacent to an activating group) is 1. The van der Waals surface area contributed by atoms with Crippen LogP contribution in [0.1, 0.15) is 23.0 Å². The van der Waals surface area contributed by atoms with Gasteiger partial charge < -0.3 is 15.6 Å². The summed E-state index contributed by atoms with van der Waals surface area (Å²) in [5.74, 6) is 5.22. The zero-order valence-electron chi connectivity index (χ0n) is 11.3. The number of nitrogen functional groups attached to an aromatic ring is 1. The van der Waals surface area contributed by atoms with Crippen LogP contribution in [0.15, 0.2) is 12.3 Å². The van der Waals surface area contributed by atoms with Crippen molar-refractivity contribution in [3.63, 3.8) is 0 Å². The third-order valence-corrected chi connectivity index (χ3v) is 2.88. The van der Waals surface area contributed by atoms with E-state index in [-0.39, 0.29) is 11.9 Å². The van der Waals surface area contributed by atoms with Gasteiger partial charge >= 0.3 is 0 Å². The second-order valence-corrected chi connectivity index (χ2v) is 4.54. The third kappa shape index (κ3) is 3.68. The summed E-state index contributed by atoms with van der Waals surface area (Å²) in [7, 11) is 3.94. The van der Waals surface area contributed by atoms with Gasteiger partial charge in [-0.3, -0.25) is 15.6 Å². The van der Waals surface area contributed by atoms with Crippen LogP contribution in [0.3, 0.4) is 0 Å². The van der Waals surface area contributed by atoms with Crippen LogP contribution < -0.4 is 16.6 Å². The monoisotopic (exact) mass is 251 g/mol.